The molecule has 0 saturated heterocycles. The molecule has 4 aromatic carbocycles. The van der Waals surface area contributed by atoms with Crippen LogP contribution in [0.2, 0.25) is 0 Å². The molecule has 5 aromatic rings. The lowest BCUT2D eigenvalue weighted by molar-refractivity contribution is 0.670. The minimum Gasteiger partial charge on any atom is -0.455 e. The summed E-state index contributed by atoms with van der Waals surface area (Å²) in [5.74, 6) is 0. The summed E-state index contributed by atoms with van der Waals surface area (Å²) in [4.78, 5) is 0. The smallest absolute Gasteiger partial charge is 0.143 e. The normalized spacial score (nSPS) is 11.9. The third-order valence-corrected chi connectivity index (χ3v) is 5.61. The van der Waals surface area contributed by atoms with Crippen LogP contribution in [0.25, 0.3) is 38.8 Å². The minimum atomic E-state index is 0.916. The molecule has 0 radical (unpaired) electrons. The molecule has 0 atom stereocenters. The van der Waals surface area contributed by atoms with Crippen molar-refractivity contribution < 1.29 is 4.42 Å². The molecule has 2 heteroatoms. The summed E-state index contributed by atoms with van der Waals surface area (Å²) < 4.78 is 6.29. The number of allylic oxidation sites excluding steroid dienone is 1. The molecule has 30 heavy (non-hydrogen) atoms. The van der Waals surface area contributed by atoms with Crippen LogP contribution in [-0.2, 0) is 0 Å². The highest BCUT2D eigenvalue weighted by Gasteiger charge is 2.15. The molecule has 5 rings (SSSR count). The molecule has 1 aromatic heterocycles. The quantitative estimate of drug-likeness (QED) is 0.336. The van der Waals surface area contributed by atoms with E-state index >= 15 is 0 Å². The molecule has 2 nitrogen and oxygen atoms in total. The highest BCUT2D eigenvalue weighted by Crippen LogP contribution is 2.39. The van der Waals surface area contributed by atoms with Gasteiger partial charge in [0.15, 0.2) is 0 Å². The Bertz CT molecular complexity index is 1390. The second kappa shape index (κ2) is 7.57. The maximum Gasteiger partial charge on any atom is 0.143 e. The standard InChI is InChI=1S/C28H23NO/c1-3-25(20-12-5-4-11-19(20)2)29-26-17-8-6-13-21(26)23-15-10-16-24-22-14-7-9-18-27(22)30-28(23)24/h3-18,29H,1-2H3/b25-3+. The van der Waals surface area contributed by atoms with Gasteiger partial charge in [-0.1, -0.05) is 84.9 Å². The largest absolute Gasteiger partial charge is 0.455 e. The zero-order chi connectivity index (χ0) is 20.5. The van der Waals surface area contributed by atoms with E-state index in [2.05, 4.69) is 104 Å². The summed E-state index contributed by atoms with van der Waals surface area (Å²) in [6, 6.07) is 31.4. The van der Waals surface area contributed by atoms with Crippen LogP contribution < -0.4 is 5.32 Å². The van der Waals surface area contributed by atoms with Gasteiger partial charge in [0.25, 0.3) is 0 Å². The molecule has 0 amide bonds. The number of benzene rings is 4. The van der Waals surface area contributed by atoms with Crippen molar-refractivity contribution in [1.29, 1.82) is 0 Å². The zero-order valence-electron chi connectivity index (χ0n) is 17.1. The second-order valence-corrected chi connectivity index (χ2v) is 7.47. The molecular weight excluding hydrogens is 366 g/mol. The Balaban J connectivity index is 1.65. The fourth-order valence-electron chi connectivity index (χ4n) is 4.10. The Morgan fingerprint density at radius 1 is 0.733 bits per heavy atom. The van der Waals surface area contributed by atoms with Gasteiger partial charge in [-0.2, -0.15) is 0 Å². The minimum absolute atomic E-state index is 0.916. The van der Waals surface area contributed by atoms with E-state index in [0.29, 0.717) is 0 Å². The molecule has 0 bridgehead atoms. The van der Waals surface area contributed by atoms with Crippen LogP contribution in [0.4, 0.5) is 5.69 Å². The maximum atomic E-state index is 6.29. The Labute approximate surface area is 176 Å². The van der Waals surface area contributed by atoms with Gasteiger partial charge in [-0.3, -0.25) is 0 Å². The fourth-order valence-corrected chi connectivity index (χ4v) is 4.10. The summed E-state index contributed by atoms with van der Waals surface area (Å²) in [7, 11) is 0. The van der Waals surface area contributed by atoms with Crippen molar-refractivity contribution >= 4 is 33.3 Å². The van der Waals surface area contributed by atoms with Gasteiger partial charge in [-0.25, -0.2) is 0 Å². The topological polar surface area (TPSA) is 25.2 Å². The summed E-state index contributed by atoms with van der Waals surface area (Å²) in [6.45, 7) is 4.21. The van der Waals surface area contributed by atoms with E-state index < -0.39 is 0 Å². The van der Waals surface area contributed by atoms with Crippen LogP contribution in [0.1, 0.15) is 18.1 Å². The molecule has 0 aliphatic heterocycles. The summed E-state index contributed by atoms with van der Waals surface area (Å²) in [5.41, 5.74) is 8.65. The number of para-hydroxylation sites is 3. The molecule has 0 saturated carbocycles. The van der Waals surface area contributed by atoms with Crippen LogP contribution in [0.5, 0.6) is 0 Å². The van der Waals surface area contributed by atoms with E-state index in [1.54, 1.807) is 0 Å². The van der Waals surface area contributed by atoms with Gasteiger partial charge < -0.3 is 9.73 Å². The number of hydrogen-bond donors (Lipinski definition) is 1. The lowest BCUT2D eigenvalue weighted by atomic mass is 9.99. The van der Waals surface area contributed by atoms with E-state index in [4.69, 9.17) is 4.42 Å². The molecule has 1 N–H and O–H groups in total. The molecule has 0 aliphatic rings. The zero-order valence-corrected chi connectivity index (χ0v) is 17.1. The van der Waals surface area contributed by atoms with Crippen LogP contribution in [-0.4, -0.2) is 0 Å². The van der Waals surface area contributed by atoms with Gasteiger partial charge in [0, 0.05) is 38.8 Å². The number of rotatable bonds is 4. The number of furan rings is 1. The second-order valence-electron chi connectivity index (χ2n) is 7.47. The third-order valence-electron chi connectivity index (χ3n) is 5.61. The molecule has 1 heterocycles. The van der Waals surface area contributed by atoms with Crippen molar-refractivity contribution in [2.24, 2.45) is 0 Å². The van der Waals surface area contributed by atoms with Gasteiger partial charge in [0.1, 0.15) is 11.2 Å². The average molecular weight is 389 g/mol. The number of anilines is 1. The molecule has 0 spiro atoms. The van der Waals surface area contributed by atoms with Gasteiger partial charge in [0.2, 0.25) is 0 Å². The Morgan fingerprint density at radius 3 is 2.30 bits per heavy atom. The fraction of sp³-hybridized carbons (Fsp3) is 0.0714. The van der Waals surface area contributed by atoms with Crippen molar-refractivity contribution in [3.63, 3.8) is 0 Å². The van der Waals surface area contributed by atoms with Crippen molar-refractivity contribution in [2.45, 2.75) is 13.8 Å². The molecular formula is C28H23NO. The van der Waals surface area contributed by atoms with Crippen molar-refractivity contribution in [1.82, 2.24) is 0 Å². The SMILES string of the molecule is C/C=C(/Nc1ccccc1-c1cccc2c1oc1ccccc12)c1ccccc1C. The molecule has 0 aliphatic carbocycles. The highest BCUT2D eigenvalue weighted by atomic mass is 16.3. The lowest BCUT2D eigenvalue weighted by Crippen LogP contribution is -2.02. The van der Waals surface area contributed by atoms with E-state index in [0.717, 1.165) is 44.4 Å². The number of hydrogen-bond acceptors (Lipinski definition) is 2. The summed E-state index contributed by atoms with van der Waals surface area (Å²) in [6.07, 6.45) is 2.13. The third kappa shape index (κ3) is 3.07. The molecule has 0 unspecified atom stereocenters. The van der Waals surface area contributed by atoms with Crippen LogP contribution in [0.3, 0.4) is 0 Å². The van der Waals surface area contributed by atoms with Crippen molar-refractivity contribution in [2.75, 3.05) is 5.32 Å². The van der Waals surface area contributed by atoms with Gasteiger partial charge in [-0.05, 0) is 31.5 Å². The average Bonchev–Trinajstić information content (AvgIpc) is 3.17. The number of aryl methyl sites for hydroxylation is 1. The Morgan fingerprint density at radius 2 is 1.43 bits per heavy atom. The van der Waals surface area contributed by atoms with Crippen LogP contribution in [0.15, 0.2) is 101 Å². The van der Waals surface area contributed by atoms with Crippen molar-refractivity contribution in [3.8, 4) is 11.1 Å². The Kier molecular flexibility index (Phi) is 4.61. The number of nitrogens with one attached hydrogen (secondary N) is 1. The van der Waals surface area contributed by atoms with E-state index in [1.165, 1.54) is 11.1 Å². The van der Waals surface area contributed by atoms with Gasteiger partial charge >= 0.3 is 0 Å². The predicted octanol–water partition coefficient (Wildman–Crippen LogP) is 8.03. The first kappa shape index (κ1) is 18.3. The maximum absolute atomic E-state index is 6.29. The first-order valence-corrected chi connectivity index (χ1v) is 10.3. The van der Waals surface area contributed by atoms with E-state index in [-0.39, 0.29) is 0 Å². The Hall–Kier alpha value is -3.78. The van der Waals surface area contributed by atoms with Crippen LogP contribution >= 0.6 is 0 Å². The van der Waals surface area contributed by atoms with E-state index in [9.17, 15) is 0 Å². The van der Waals surface area contributed by atoms with Gasteiger partial charge in [-0.15, -0.1) is 0 Å². The van der Waals surface area contributed by atoms with E-state index in [1.807, 2.05) is 12.1 Å². The first-order chi connectivity index (χ1) is 14.8. The first-order valence-electron chi connectivity index (χ1n) is 10.3. The predicted molar refractivity (Wildman–Crippen MR) is 128 cm³/mol. The summed E-state index contributed by atoms with van der Waals surface area (Å²) >= 11 is 0. The molecule has 146 valence electrons. The number of fused-ring (bicyclic) bond motifs is 3. The molecule has 0 fully saturated rings. The lowest BCUT2D eigenvalue weighted by Gasteiger charge is -2.17. The van der Waals surface area contributed by atoms with Crippen LogP contribution in [0, 0.1) is 6.92 Å². The highest BCUT2D eigenvalue weighted by molar-refractivity contribution is 6.10. The summed E-state index contributed by atoms with van der Waals surface area (Å²) in [5, 5.41) is 5.96. The van der Waals surface area contributed by atoms with Gasteiger partial charge in [0.05, 0.1) is 0 Å². The van der Waals surface area contributed by atoms with Crippen molar-refractivity contribution in [3.05, 3.63) is 108 Å². The monoisotopic (exact) mass is 389 g/mol.